The molecule has 86 valence electrons. The molecule has 4 heteroatoms. The second kappa shape index (κ2) is 6.20. The van der Waals surface area contributed by atoms with Crippen LogP contribution in [0.15, 0.2) is 10.9 Å². The van der Waals surface area contributed by atoms with Crippen molar-refractivity contribution in [2.45, 2.75) is 39.4 Å². The molecule has 0 aliphatic rings. The van der Waals surface area contributed by atoms with Crippen molar-refractivity contribution in [3.63, 3.8) is 0 Å². The van der Waals surface area contributed by atoms with Gasteiger partial charge in [0.2, 0.25) is 0 Å². The molecule has 0 saturated carbocycles. The largest absolute Gasteiger partial charge is 0.313 e. The molecular formula is C11H21N3S. The fraction of sp³-hybridized carbons (Fsp3) is 0.727. The standard InChI is InChI=1S/C11H21N3S/c1-9(2)12-5-10(3)14(4)6-11-7-15-8-13-11/h7-10,12H,5-6H2,1-4H3. The summed E-state index contributed by atoms with van der Waals surface area (Å²) >= 11 is 1.66. The van der Waals surface area contributed by atoms with Gasteiger partial charge in [-0.15, -0.1) is 11.3 Å². The van der Waals surface area contributed by atoms with E-state index < -0.39 is 0 Å². The summed E-state index contributed by atoms with van der Waals surface area (Å²) in [5.74, 6) is 0. The van der Waals surface area contributed by atoms with Crippen LogP contribution in [-0.2, 0) is 6.54 Å². The molecule has 1 aromatic heterocycles. The van der Waals surface area contributed by atoms with Crippen LogP contribution in [0.4, 0.5) is 0 Å². The van der Waals surface area contributed by atoms with Gasteiger partial charge in [-0.1, -0.05) is 13.8 Å². The molecule has 0 aliphatic carbocycles. The highest BCUT2D eigenvalue weighted by molar-refractivity contribution is 7.07. The smallest absolute Gasteiger partial charge is 0.0795 e. The van der Waals surface area contributed by atoms with Gasteiger partial charge < -0.3 is 5.32 Å². The number of rotatable bonds is 6. The SMILES string of the molecule is CC(C)NCC(C)N(C)Cc1cscn1. The molecule has 3 nitrogen and oxygen atoms in total. The summed E-state index contributed by atoms with van der Waals surface area (Å²) in [6.45, 7) is 8.55. The van der Waals surface area contributed by atoms with E-state index in [0.717, 1.165) is 13.1 Å². The van der Waals surface area contributed by atoms with E-state index in [1.165, 1.54) is 5.69 Å². The van der Waals surface area contributed by atoms with Gasteiger partial charge in [0.15, 0.2) is 0 Å². The number of aromatic nitrogens is 1. The summed E-state index contributed by atoms with van der Waals surface area (Å²) in [5, 5.41) is 5.56. The summed E-state index contributed by atoms with van der Waals surface area (Å²) in [6, 6.07) is 1.09. The number of nitrogens with one attached hydrogen (secondary N) is 1. The van der Waals surface area contributed by atoms with Crippen LogP contribution in [0, 0.1) is 0 Å². The van der Waals surface area contributed by atoms with Crippen LogP contribution >= 0.6 is 11.3 Å². The molecule has 0 aromatic carbocycles. The molecule has 0 amide bonds. The minimum Gasteiger partial charge on any atom is -0.313 e. The van der Waals surface area contributed by atoms with Gasteiger partial charge in [-0.3, -0.25) is 4.90 Å². The third-order valence-electron chi connectivity index (χ3n) is 2.47. The van der Waals surface area contributed by atoms with Gasteiger partial charge in [-0.05, 0) is 14.0 Å². The molecule has 1 unspecified atom stereocenters. The molecule has 0 radical (unpaired) electrons. The lowest BCUT2D eigenvalue weighted by Crippen LogP contribution is -2.39. The third-order valence-corrected chi connectivity index (χ3v) is 3.10. The normalized spacial score (nSPS) is 13.7. The van der Waals surface area contributed by atoms with Crippen molar-refractivity contribution in [3.8, 4) is 0 Å². The summed E-state index contributed by atoms with van der Waals surface area (Å²) in [5.41, 5.74) is 3.05. The van der Waals surface area contributed by atoms with Crippen LogP contribution in [0.3, 0.4) is 0 Å². The number of thiazole rings is 1. The molecular weight excluding hydrogens is 206 g/mol. The maximum Gasteiger partial charge on any atom is 0.0795 e. The average Bonchev–Trinajstić information content (AvgIpc) is 2.66. The van der Waals surface area contributed by atoms with Crippen LogP contribution in [0.2, 0.25) is 0 Å². The number of hydrogen-bond acceptors (Lipinski definition) is 4. The van der Waals surface area contributed by atoms with Gasteiger partial charge in [0, 0.05) is 30.6 Å². The molecule has 0 saturated heterocycles. The maximum absolute atomic E-state index is 4.29. The zero-order valence-corrected chi connectivity index (χ0v) is 10.8. The Balaban J connectivity index is 2.30. The summed E-state index contributed by atoms with van der Waals surface area (Å²) in [7, 11) is 2.14. The van der Waals surface area contributed by atoms with Crippen LogP contribution in [0.25, 0.3) is 0 Å². The minimum absolute atomic E-state index is 0.536. The van der Waals surface area contributed by atoms with Gasteiger partial charge in [0.1, 0.15) is 0 Å². The van der Waals surface area contributed by atoms with Crippen molar-refractivity contribution in [1.29, 1.82) is 0 Å². The molecule has 1 heterocycles. The first-order valence-electron chi connectivity index (χ1n) is 5.40. The van der Waals surface area contributed by atoms with Gasteiger partial charge in [0.05, 0.1) is 11.2 Å². The van der Waals surface area contributed by atoms with Crippen molar-refractivity contribution >= 4 is 11.3 Å². The molecule has 1 aromatic rings. The van der Waals surface area contributed by atoms with Crippen molar-refractivity contribution in [2.75, 3.05) is 13.6 Å². The van der Waals surface area contributed by atoms with Crippen LogP contribution in [0.5, 0.6) is 0 Å². The Hall–Kier alpha value is -0.450. The molecule has 0 fully saturated rings. The molecule has 0 bridgehead atoms. The fourth-order valence-corrected chi connectivity index (χ4v) is 1.84. The van der Waals surface area contributed by atoms with Gasteiger partial charge >= 0.3 is 0 Å². The first kappa shape index (κ1) is 12.6. The van der Waals surface area contributed by atoms with Crippen molar-refractivity contribution < 1.29 is 0 Å². The minimum atomic E-state index is 0.536. The Morgan fingerprint density at radius 2 is 2.20 bits per heavy atom. The van der Waals surface area contributed by atoms with E-state index in [-0.39, 0.29) is 0 Å². The monoisotopic (exact) mass is 227 g/mol. The van der Waals surface area contributed by atoms with E-state index in [1.807, 2.05) is 5.51 Å². The van der Waals surface area contributed by atoms with Crippen molar-refractivity contribution in [2.24, 2.45) is 0 Å². The second-order valence-corrected chi connectivity index (χ2v) is 5.03. The summed E-state index contributed by atoms with van der Waals surface area (Å²) < 4.78 is 0. The van der Waals surface area contributed by atoms with E-state index in [4.69, 9.17) is 0 Å². The first-order valence-corrected chi connectivity index (χ1v) is 6.34. The Morgan fingerprint density at radius 3 is 2.73 bits per heavy atom. The Morgan fingerprint density at radius 1 is 1.47 bits per heavy atom. The average molecular weight is 227 g/mol. The molecule has 1 rings (SSSR count). The van der Waals surface area contributed by atoms with Crippen LogP contribution in [0.1, 0.15) is 26.5 Å². The van der Waals surface area contributed by atoms with Gasteiger partial charge in [0.25, 0.3) is 0 Å². The molecule has 15 heavy (non-hydrogen) atoms. The van der Waals surface area contributed by atoms with Crippen molar-refractivity contribution in [1.82, 2.24) is 15.2 Å². The van der Waals surface area contributed by atoms with E-state index in [2.05, 4.69) is 48.4 Å². The fourth-order valence-electron chi connectivity index (χ4n) is 1.29. The van der Waals surface area contributed by atoms with Crippen molar-refractivity contribution in [3.05, 3.63) is 16.6 Å². The molecule has 1 N–H and O–H groups in total. The highest BCUT2D eigenvalue weighted by Gasteiger charge is 2.10. The molecule has 1 atom stereocenters. The predicted molar refractivity (Wildman–Crippen MR) is 66.2 cm³/mol. The maximum atomic E-state index is 4.29. The summed E-state index contributed by atoms with van der Waals surface area (Å²) in [4.78, 5) is 6.61. The van der Waals surface area contributed by atoms with Crippen LogP contribution in [-0.4, -0.2) is 35.6 Å². The third kappa shape index (κ3) is 4.73. The Kier molecular flexibility index (Phi) is 5.22. The highest BCUT2D eigenvalue weighted by atomic mass is 32.1. The molecule has 0 aliphatic heterocycles. The number of likely N-dealkylation sites (N-methyl/N-ethyl adjacent to an activating group) is 1. The highest BCUT2D eigenvalue weighted by Crippen LogP contribution is 2.06. The Bertz CT molecular complexity index is 259. The lowest BCUT2D eigenvalue weighted by Gasteiger charge is -2.25. The first-order chi connectivity index (χ1) is 7.09. The molecule has 0 spiro atoms. The zero-order chi connectivity index (χ0) is 11.3. The number of hydrogen-bond donors (Lipinski definition) is 1. The number of nitrogens with zero attached hydrogens (tertiary/aromatic N) is 2. The summed E-state index contributed by atoms with van der Waals surface area (Å²) in [6.07, 6.45) is 0. The van der Waals surface area contributed by atoms with Crippen LogP contribution < -0.4 is 5.32 Å². The van der Waals surface area contributed by atoms with E-state index in [0.29, 0.717) is 12.1 Å². The van der Waals surface area contributed by atoms with Gasteiger partial charge in [-0.2, -0.15) is 0 Å². The lowest BCUT2D eigenvalue weighted by molar-refractivity contribution is 0.237. The zero-order valence-electron chi connectivity index (χ0n) is 10.0. The quantitative estimate of drug-likeness (QED) is 0.805. The van der Waals surface area contributed by atoms with E-state index in [1.54, 1.807) is 11.3 Å². The Labute approximate surface area is 96.5 Å². The topological polar surface area (TPSA) is 28.2 Å². The predicted octanol–water partition coefficient (Wildman–Crippen LogP) is 1.96. The van der Waals surface area contributed by atoms with E-state index >= 15 is 0 Å². The lowest BCUT2D eigenvalue weighted by atomic mass is 10.2. The van der Waals surface area contributed by atoms with E-state index in [9.17, 15) is 0 Å². The second-order valence-electron chi connectivity index (χ2n) is 4.31. The van der Waals surface area contributed by atoms with Gasteiger partial charge in [-0.25, -0.2) is 4.98 Å².